The Bertz CT molecular complexity index is 522. The number of benzene rings is 1. The van der Waals surface area contributed by atoms with Gasteiger partial charge in [0.05, 0.1) is 11.7 Å². The molecule has 1 aromatic heterocycles. The average Bonchev–Trinajstić information content (AvgIpc) is 2.73. The summed E-state index contributed by atoms with van der Waals surface area (Å²) in [6.45, 7) is 0. The van der Waals surface area contributed by atoms with Gasteiger partial charge in [-0.3, -0.25) is 16.0 Å². The minimum absolute atomic E-state index is 0.335. The van der Waals surface area contributed by atoms with Crippen LogP contribution in [0.5, 0.6) is 0 Å². The number of rotatable bonds is 4. The molecule has 0 amide bonds. The maximum atomic E-state index is 13.8. The van der Waals surface area contributed by atoms with E-state index in [1.165, 1.54) is 6.07 Å². The number of nitrogens with zero attached hydrogens (tertiary/aromatic N) is 3. The first-order valence-corrected chi connectivity index (χ1v) is 5.75. The van der Waals surface area contributed by atoms with Gasteiger partial charge in [0, 0.05) is 30.3 Å². The Labute approximate surface area is 109 Å². The van der Waals surface area contributed by atoms with Crippen LogP contribution in [0, 0.1) is 5.82 Å². The lowest BCUT2D eigenvalue weighted by Crippen LogP contribution is -2.30. The van der Waals surface area contributed by atoms with Crippen LogP contribution >= 0.6 is 11.6 Å². The standard InChI is InChI=1S/C11H13ClFN5/c1-18-6-7(16-17-18)5-10(15-14)11-8(12)3-2-4-9(11)13/h2-4,6,10,15H,5,14H2,1H3. The first-order valence-electron chi connectivity index (χ1n) is 5.37. The summed E-state index contributed by atoms with van der Waals surface area (Å²) >= 11 is 6.00. The smallest absolute Gasteiger partial charge is 0.129 e. The van der Waals surface area contributed by atoms with Gasteiger partial charge < -0.3 is 0 Å². The molecule has 1 aromatic carbocycles. The zero-order chi connectivity index (χ0) is 13.1. The summed E-state index contributed by atoms with van der Waals surface area (Å²) in [5.41, 5.74) is 3.60. The second-order valence-corrected chi connectivity index (χ2v) is 4.35. The number of aromatic nitrogens is 3. The molecular weight excluding hydrogens is 257 g/mol. The van der Waals surface area contributed by atoms with Gasteiger partial charge in [-0.2, -0.15) is 0 Å². The molecule has 0 bridgehead atoms. The van der Waals surface area contributed by atoms with Crippen LogP contribution in [0.15, 0.2) is 24.4 Å². The second kappa shape index (κ2) is 5.43. The molecule has 0 spiro atoms. The average molecular weight is 270 g/mol. The van der Waals surface area contributed by atoms with Gasteiger partial charge in [0.15, 0.2) is 0 Å². The first kappa shape index (κ1) is 12.9. The van der Waals surface area contributed by atoms with Gasteiger partial charge >= 0.3 is 0 Å². The molecule has 1 unspecified atom stereocenters. The molecule has 18 heavy (non-hydrogen) atoms. The minimum Gasteiger partial charge on any atom is -0.271 e. The number of hydrogen-bond donors (Lipinski definition) is 2. The highest BCUT2D eigenvalue weighted by Gasteiger charge is 2.19. The number of nitrogens with two attached hydrogens (primary N) is 1. The maximum absolute atomic E-state index is 13.8. The van der Waals surface area contributed by atoms with E-state index in [2.05, 4.69) is 15.7 Å². The van der Waals surface area contributed by atoms with Crippen molar-refractivity contribution in [2.45, 2.75) is 12.5 Å². The van der Waals surface area contributed by atoms with Crippen LogP contribution in [0.4, 0.5) is 4.39 Å². The van der Waals surface area contributed by atoms with Gasteiger partial charge in [0.1, 0.15) is 5.82 Å². The van der Waals surface area contributed by atoms with Crippen LogP contribution in [0.2, 0.25) is 5.02 Å². The molecule has 0 radical (unpaired) electrons. The van der Waals surface area contributed by atoms with E-state index < -0.39 is 11.9 Å². The summed E-state index contributed by atoms with van der Waals surface area (Å²) in [7, 11) is 1.76. The van der Waals surface area contributed by atoms with Crippen molar-refractivity contribution in [1.29, 1.82) is 0 Å². The number of aryl methyl sites for hydroxylation is 1. The SMILES string of the molecule is Cn1cc(CC(NN)c2c(F)cccc2Cl)nn1. The van der Waals surface area contributed by atoms with Gasteiger partial charge in [-0.25, -0.2) is 4.39 Å². The Kier molecular flexibility index (Phi) is 3.90. The molecule has 3 N–H and O–H groups in total. The van der Waals surface area contributed by atoms with E-state index in [1.54, 1.807) is 30.1 Å². The molecule has 7 heteroatoms. The molecule has 1 atom stereocenters. The lowest BCUT2D eigenvalue weighted by molar-refractivity contribution is 0.506. The van der Waals surface area contributed by atoms with Crippen molar-refractivity contribution in [3.05, 3.63) is 46.5 Å². The van der Waals surface area contributed by atoms with E-state index in [0.29, 0.717) is 22.7 Å². The van der Waals surface area contributed by atoms with Crippen molar-refractivity contribution in [3.63, 3.8) is 0 Å². The Hall–Kier alpha value is -1.50. The van der Waals surface area contributed by atoms with Crippen molar-refractivity contribution < 1.29 is 4.39 Å². The molecule has 5 nitrogen and oxygen atoms in total. The molecular formula is C11H13ClFN5. The summed E-state index contributed by atoms with van der Waals surface area (Å²) in [6, 6.07) is 4.08. The predicted molar refractivity (Wildman–Crippen MR) is 66.2 cm³/mol. The molecule has 0 saturated carbocycles. The van der Waals surface area contributed by atoms with Crippen LogP contribution in [-0.4, -0.2) is 15.0 Å². The normalized spacial score (nSPS) is 12.7. The number of halogens is 2. The van der Waals surface area contributed by atoms with Crippen LogP contribution in [-0.2, 0) is 13.5 Å². The molecule has 0 aliphatic rings. The fraction of sp³-hybridized carbons (Fsp3) is 0.273. The monoisotopic (exact) mass is 269 g/mol. The first-order chi connectivity index (χ1) is 8.61. The molecule has 0 aliphatic heterocycles. The second-order valence-electron chi connectivity index (χ2n) is 3.94. The highest BCUT2D eigenvalue weighted by atomic mass is 35.5. The Morgan fingerprint density at radius 1 is 1.56 bits per heavy atom. The largest absolute Gasteiger partial charge is 0.271 e. The Balaban J connectivity index is 2.28. The summed E-state index contributed by atoms with van der Waals surface area (Å²) in [5, 5.41) is 8.09. The number of hydrazine groups is 1. The van der Waals surface area contributed by atoms with E-state index in [9.17, 15) is 4.39 Å². The summed E-state index contributed by atoms with van der Waals surface area (Å²) in [4.78, 5) is 0. The Morgan fingerprint density at radius 2 is 2.33 bits per heavy atom. The molecule has 2 rings (SSSR count). The zero-order valence-electron chi connectivity index (χ0n) is 9.77. The third-order valence-corrected chi connectivity index (χ3v) is 2.94. The molecule has 0 saturated heterocycles. The Morgan fingerprint density at radius 3 is 2.89 bits per heavy atom. The third-order valence-electron chi connectivity index (χ3n) is 2.61. The maximum Gasteiger partial charge on any atom is 0.129 e. The van der Waals surface area contributed by atoms with E-state index in [1.807, 2.05) is 0 Å². The van der Waals surface area contributed by atoms with Crippen molar-refractivity contribution in [2.24, 2.45) is 12.9 Å². The van der Waals surface area contributed by atoms with Crippen molar-refractivity contribution in [1.82, 2.24) is 20.4 Å². The van der Waals surface area contributed by atoms with Crippen LogP contribution in [0.3, 0.4) is 0 Å². The highest BCUT2D eigenvalue weighted by Crippen LogP contribution is 2.27. The van der Waals surface area contributed by atoms with Gasteiger partial charge in [0.25, 0.3) is 0 Å². The molecule has 96 valence electrons. The molecule has 1 heterocycles. The number of hydrogen-bond acceptors (Lipinski definition) is 4. The van der Waals surface area contributed by atoms with E-state index >= 15 is 0 Å². The van der Waals surface area contributed by atoms with Crippen LogP contribution < -0.4 is 11.3 Å². The lowest BCUT2D eigenvalue weighted by atomic mass is 10.0. The molecule has 0 fully saturated rings. The van der Waals surface area contributed by atoms with Gasteiger partial charge in [-0.15, -0.1) is 5.10 Å². The topological polar surface area (TPSA) is 68.8 Å². The van der Waals surface area contributed by atoms with Gasteiger partial charge in [-0.1, -0.05) is 22.9 Å². The van der Waals surface area contributed by atoms with Crippen LogP contribution in [0.25, 0.3) is 0 Å². The molecule has 2 aromatic rings. The number of nitrogens with one attached hydrogen (secondary N) is 1. The highest BCUT2D eigenvalue weighted by molar-refractivity contribution is 6.31. The van der Waals surface area contributed by atoms with Crippen molar-refractivity contribution >= 4 is 11.6 Å². The summed E-state index contributed by atoms with van der Waals surface area (Å²) < 4.78 is 15.3. The van der Waals surface area contributed by atoms with Crippen molar-refractivity contribution in [3.8, 4) is 0 Å². The van der Waals surface area contributed by atoms with Crippen molar-refractivity contribution in [2.75, 3.05) is 0 Å². The quantitative estimate of drug-likeness (QED) is 0.649. The van der Waals surface area contributed by atoms with E-state index in [0.717, 1.165) is 0 Å². The predicted octanol–water partition coefficient (Wildman–Crippen LogP) is 1.35. The van der Waals surface area contributed by atoms with Gasteiger partial charge in [-0.05, 0) is 12.1 Å². The summed E-state index contributed by atoms with van der Waals surface area (Å²) in [6.07, 6.45) is 2.16. The zero-order valence-corrected chi connectivity index (χ0v) is 10.5. The van der Waals surface area contributed by atoms with E-state index in [-0.39, 0.29) is 0 Å². The third kappa shape index (κ3) is 2.66. The fourth-order valence-electron chi connectivity index (χ4n) is 1.79. The van der Waals surface area contributed by atoms with Gasteiger partial charge in [0.2, 0.25) is 0 Å². The lowest BCUT2D eigenvalue weighted by Gasteiger charge is -2.17. The van der Waals surface area contributed by atoms with Crippen LogP contribution in [0.1, 0.15) is 17.3 Å². The molecule has 0 aliphatic carbocycles. The fourth-order valence-corrected chi connectivity index (χ4v) is 2.08. The van der Waals surface area contributed by atoms with E-state index in [4.69, 9.17) is 17.4 Å². The summed E-state index contributed by atoms with van der Waals surface area (Å²) in [5.74, 6) is 5.07. The minimum atomic E-state index is -0.449.